The Labute approximate surface area is 137 Å². The van der Waals surface area contributed by atoms with Crippen LogP contribution in [-0.2, 0) is 11.0 Å². The van der Waals surface area contributed by atoms with Gasteiger partial charge >= 0.3 is 6.18 Å². The number of amides is 2. The smallest absolute Gasteiger partial charge is 0.394 e. The van der Waals surface area contributed by atoms with Gasteiger partial charge in [0.25, 0.3) is 5.91 Å². The summed E-state index contributed by atoms with van der Waals surface area (Å²) >= 11 is 0. The van der Waals surface area contributed by atoms with E-state index in [0.29, 0.717) is 12.8 Å². The third-order valence-electron chi connectivity index (χ3n) is 4.15. The van der Waals surface area contributed by atoms with Gasteiger partial charge in [0, 0.05) is 0 Å². The predicted molar refractivity (Wildman–Crippen MR) is 80.2 cm³/mol. The van der Waals surface area contributed by atoms with Crippen molar-refractivity contribution in [1.29, 1.82) is 0 Å². The normalized spacial score (nSPS) is 16.7. The van der Waals surface area contributed by atoms with Crippen LogP contribution in [0, 0.1) is 0 Å². The fraction of sp³-hybridized carbons (Fsp3) is 0.500. The number of rotatable bonds is 5. The molecule has 0 heterocycles. The van der Waals surface area contributed by atoms with Crippen molar-refractivity contribution in [3.63, 3.8) is 0 Å². The maximum absolute atomic E-state index is 12.9. The first-order chi connectivity index (χ1) is 11.3. The van der Waals surface area contributed by atoms with E-state index in [9.17, 15) is 27.9 Å². The van der Waals surface area contributed by atoms with E-state index in [-0.39, 0.29) is 6.61 Å². The highest BCUT2D eigenvalue weighted by Crippen LogP contribution is 2.32. The molecule has 0 atom stereocenters. The maximum atomic E-state index is 12.9. The van der Waals surface area contributed by atoms with Crippen LogP contribution < -0.4 is 10.6 Å². The number of alkyl halides is 3. The quantitative estimate of drug-likeness (QED) is 0.763. The number of aliphatic hydroxyl groups is 1. The number of hydrogen-bond acceptors (Lipinski definition) is 3. The molecule has 132 valence electrons. The van der Waals surface area contributed by atoms with E-state index in [0.717, 1.165) is 25.0 Å². The minimum atomic E-state index is -4.65. The van der Waals surface area contributed by atoms with Crippen molar-refractivity contribution in [3.05, 3.63) is 35.4 Å². The molecule has 8 heteroatoms. The number of aliphatic hydroxyl groups excluding tert-OH is 1. The fourth-order valence-corrected chi connectivity index (χ4v) is 2.90. The molecule has 0 saturated heterocycles. The molecule has 0 bridgehead atoms. The summed E-state index contributed by atoms with van der Waals surface area (Å²) in [7, 11) is 0. The molecule has 2 amide bonds. The lowest BCUT2D eigenvalue weighted by Crippen LogP contribution is -2.52. The van der Waals surface area contributed by atoms with Gasteiger partial charge in [-0.2, -0.15) is 13.2 Å². The summed E-state index contributed by atoms with van der Waals surface area (Å²) in [6, 6.07) is 4.39. The zero-order valence-electron chi connectivity index (χ0n) is 12.9. The standard InChI is InChI=1S/C16H19F3N2O3/c17-16(18,19)12-6-2-1-5-11(12)14(24)20-9-13(23)21-15(10-22)7-3-4-8-15/h1-2,5-6,22H,3-4,7-10H2,(H,20,24)(H,21,23). The first-order valence-corrected chi connectivity index (χ1v) is 7.64. The van der Waals surface area contributed by atoms with E-state index < -0.39 is 41.2 Å². The van der Waals surface area contributed by atoms with Crippen LogP contribution in [0.1, 0.15) is 41.6 Å². The van der Waals surface area contributed by atoms with Gasteiger partial charge in [0.2, 0.25) is 5.91 Å². The van der Waals surface area contributed by atoms with Gasteiger partial charge < -0.3 is 15.7 Å². The van der Waals surface area contributed by atoms with Gasteiger partial charge in [-0.15, -0.1) is 0 Å². The maximum Gasteiger partial charge on any atom is 0.417 e. The second-order valence-electron chi connectivity index (χ2n) is 5.92. The molecule has 1 aliphatic carbocycles. The molecule has 0 radical (unpaired) electrons. The van der Waals surface area contributed by atoms with Crippen LogP contribution in [0.5, 0.6) is 0 Å². The Balaban J connectivity index is 1.97. The van der Waals surface area contributed by atoms with Crippen LogP contribution in [0.15, 0.2) is 24.3 Å². The van der Waals surface area contributed by atoms with Gasteiger partial charge in [0.05, 0.1) is 29.8 Å². The van der Waals surface area contributed by atoms with Crippen molar-refractivity contribution in [2.45, 2.75) is 37.4 Å². The molecule has 0 unspecified atom stereocenters. The highest BCUT2D eigenvalue weighted by molar-refractivity contribution is 5.97. The molecule has 2 rings (SSSR count). The predicted octanol–water partition coefficient (Wildman–Crippen LogP) is 1.86. The van der Waals surface area contributed by atoms with Crippen LogP contribution >= 0.6 is 0 Å². The minimum absolute atomic E-state index is 0.205. The van der Waals surface area contributed by atoms with Crippen LogP contribution in [0.2, 0.25) is 0 Å². The van der Waals surface area contributed by atoms with Crippen LogP contribution in [-0.4, -0.2) is 35.6 Å². The third kappa shape index (κ3) is 4.25. The zero-order valence-corrected chi connectivity index (χ0v) is 12.9. The van der Waals surface area contributed by atoms with Crippen molar-refractivity contribution in [1.82, 2.24) is 10.6 Å². The number of halogens is 3. The van der Waals surface area contributed by atoms with Gasteiger partial charge in [-0.05, 0) is 25.0 Å². The zero-order chi connectivity index (χ0) is 17.8. The average Bonchev–Trinajstić information content (AvgIpc) is 3.01. The fourth-order valence-electron chi connectivity index (χ4n) is 2.90. The summed E-state index contributed by atoms with van der Waals surface area (Å²) in [5, 5.41) is 14.3. The van der Waals surface area contributed by atoms with Crippen molar-refractivity contribution >= 4 is 11.8 Å². The first-order valence-electron chi connectivity index (χ1n) is 7.64. The summed E-state index contributed by atoms with van der Waals surface area (Å²) in [6.45, 7) is -0.656. The number of benzene rings is 1. The van der Waals surface area contributed by atoms with Gasteiger partial charge in [-0.25, -0.2) is 0 Å². The molecule has 0 aliphatic heterocycles. The molecule has 0 spiro atoms. The van der Waals surface area contributed by atoms with Gasteiger partial charge in [-0.3, -0.25) is 9.59 Å². The summed E-state index contributed by atoms with van der Waals surface area (Å²) < 4.78 is 38.7. The Morgan fingerprint density at radius 1 is 1.17 bits per heavy atom. The largest absolute Gasteiger partial charge is 0.417 e. The SMILES string of the molecule is O=C(CNC(=O)c1ccccc1C(F)(F)F)NC1(CO)CCCC1. The third-order valence-corrected chi connectivity index (χ3v) is 4.15. The Bertz CT molecular complexity index is 611. The van der Waals surface area contributed by atoms with Crippen molar-refractivity contribution in [3.8, 4) is 0 Å². The van der Waals surface area contributed by atoms with Crippen molar-refractivity contribution < 1.29 is 27.9 Å². The molecule has 0 aromatic heterocycles. The van der Waals surface area contributed by atoms with E-state index >= 15 is 0 Å². The summed E-state index contributed by atoms with van der Waals surface area (Å²) in [5.74, 6) is -1.51. The molecule has 24 heavy (non-hydrogen) atoms. The van der Waals surface area contributed by atoms with Gasteiger partial charge in [0.15, 0.2) is 0 Å². The molecule has 1 aromatic rings. The Hall–Kier alpha value is -2.09. The van der Waals surface area contributed by atoms with Gasteiger partial charge in [0.1, 0.15) is 0 Å². The highest BCUT2D eigenvalue weighted by Gasteiger charge is 2.36. The lowest BCUT2D eigenvalue weighted by Gasteiger charge is -2.28. The number of hydrogen-bond donors (Lipinski definition) is 3. The topological polar surface area (TPSA) is 78.4 Å². The second kappa shape index (κ2) is 7.21. The monoisotopic (exact) mass is 344 g/mol. The van der Waals surface area contributed by atoms with Gasteiger partial charge in [-0.1, -0.05) is 25.0 Å². The molecule has 1 saturated carbocycles. The molecule has 3 N–H and O–H groups in total. The lowest BCUT2D eigenvalue weighted by molar-refractivity contribution is -0.137. The minimum Gasteiger partial charge on any atom is -0.394 e. The van der Waals surface area contributed by atoms with E-state index in [4.69, 9.17) is 0 Å². The second-order valence-corrected chi connectivity index (χ2v) is 5.92. The number of carbonyl (C=O) groups is 2. The molecular weight excluding hydrogens is 325 g/mol. The van der Waals surface area contributed by atoms with Crippen LogP contribution in [0.25, 0.3) is 0 Å². The van der Waals surface area contributed by atoms with Crippen molar-refractivity contribution in [2.75, 3.05) is 13.2 Å². The van der Waals surface area contributed by atoms with Crippen LogP contribution in [0.4, 0.5) is 13.2 Å². The van der Waals surface area contributed by atoms with E-state index in [1.165, 1.54) is 12.1 Å². The Morgan fingerprint density at radius 3 is 2.38 bits per heavy atom. The number of carbonyl (C=O) groups excluding carboxylic acids is 2. The Morgan fingerprint density at radius 2 is 1.79 bits per heavy atom. The van der Waals surface area contributed by atoms with E-state index in [1.807, 2.05) is 0 Å². The summed E-state index contributed by atoms with van der Waals surface area (Å²) in [5.41, 5.74) is -2.27. The molecular formula is C16H19F3N2O3. The van der Waals surface area contributed by atoms with Crippen molar-refractivity contribution in [2.24, 2.45) is 0 Å². The highest BCUT2D eigenvalue weighted by atomic mass is 19.4. The molecule has 1 aromatic carbocycles. The molecule has 5 nitrogen and oxygen atoms in total. The molecule has 1 fully saturated rings. The first kappa shape index (κ1) is 18.3. The Kier molecular flexibility index (Phi) is 5.48. The van der Waals surface area contributed by atoms with Crippen LogP contribution in [0.3, 0.4) is 0 Å². The summed E-state index contributed by atoms with van der Waals surface area (Å²) in [4.78, 5) is 23.9. The lowest BCUT2D eigenvalue weighted by atomic mass is 9.99. The number of nitrogens with one attached hydrogen (secondary N) is 2. The molecule has 1 aliphatic rings. The average molecular weight is 344 g/mol. The van der Waals surface area contributed by atoms with E-state index in [1.54, 1.807) is 0 Å². The van der Waals surface area contributed by atoms with E-state index in [2.05, 4.69) is 10.6 Å². The summed E-state index contributed by atoms with van der Waals surface area (Å²) in [6.07, 6.45) is -1.61.